The Balaban J connectivity index is 2.38. The number of carbonyl (C=O) groups is 1. The number of ketones is 1. The van der Waals surface area contributed by atoms with Crippen molar-refractivity contribution in [3.8, 4) is 0 Å². The van der Waals surface area contributed by atoms with Gasteiger partial charge in [-0.2, -0.15) is 0 Å². The van der Waals surface area contributed by atoms with Crippen molar-refractivity contribution in [2.75, 3.05) is 39.5 Å². The quantitative estimate of drug-likeness (QED) is 0.591. The van der Waals surface area contributed by atoms with Crippen molar-refractivity contribution in [2.45, 2.75) is 45.6 Å². The van der Waals surface area contributed by atoms with E-state index >= 15 is 0 Å². The summed E-state index contributed by atoms with van der Waals surface area (Å²) in [5.41, 5.74) is 0. The Hall–Kier alpha value is -0.450. The van der Waals surface area contributed by atoms with Crippen molar-refractivity contribution in [3.63, 3.8) is 0 Å². The Morgan fingerprint density at radius 1 is 1.17 bits per heavy atom. The topological polar surface area (TPSA) is 38.8 Å². The van der Waals surface area contributed by atoms with E-state index in [2.05, 4.69) is 4.90 Å². The lowest BCUT2D eigenvalue weighted by molar-refractivity contribution is -0.122. The molecule has 106 valence electrons. The fraction of sp³-hybridized carbons (Fsp3) is 0.929. The van der Waals surface area contributed by atoms with Crippen LogP contribution in [-0.2, 0) is 14.3 Å². The minimum absolute atomic E-state index is 0.396. The summed E-state index contributed by atoms with van der Waals surface area (Å²) in [4.78, 5) is 13.9. The maximum atomic E-state index is 11.5. The summed E-state index contributed by atoms with van der Waals surface area (Å²) in [6.45, 7) is 8.81. The van der Waals surface area contributed by atoms with Crippen LogP contribution >= 0.6 is 0 Å². The molecule has 1 rings (SSSR count). The van der Waals surface area contributed by atoms with Crippen LogP contribution in [0.2, 0.25) is 0 Å². The van der Waals surface area contributed by atoms with Gasteiger partial charge in [-0.3, -0.25) is 9.69 Å². The van der Waals surface area contributed by atoms with Crippen molar-refractivity contribution < 1.29 is 14.3 Å². The standard InChI is InChI=1S/C14H27NO3/c1-3-17-10-8-15(9-11-18-4-2)13-6-5-7-14(16)12-13/h13H,3-12H2,1-2H3. The van der Waals surface area contributed by atoms with Gasteiger partial charge in [0.05, 0.1) is 13.2 Å². The van der Waals surface area contributed by atoms with Crippen molar-refractivity contribution in [2.24, 2.45) is 0 Å². The van der Waals surface area contributed by atoms with Gasteiger partial charge < -0.3 is 9.47 Å². The minimum atomic E-state index is 0.396. The summed E-state index contributed by atoms with van der Waals surface area (Å²) in [5, 5.41) is 0. The van der Waals surface area contributed by atoms with E-state index in [-0.39, 0.29) is 0 Å². The zero-order chi connectivity index (χ0) is 13.2. The molecule has 0 bridgehead atoms. The van der Waals surface area contributed by atoms with Crippen molar-refractivity contribution in [1.29, 1.82) is 0 Å². The first-order valence-corrected chi connectivity index (χ1v) is 7.19. The Morgan fingerprint density at radius 2 is 1.78 bits per heavy atom. The van der Waals surface area contributed by atoms with Gasteiger partial charge in [0, 0.05) is 45.2 Å². The van der Waals surface area contributed by atoms with Gasteiger partial charge in [-0.15, -0.1) is 0 Å². The Labute approximate surface area is 111 Å². The van der Waals surface area contributed by atoms with Crippen LogP contribution in [0.25, 0.3) is 0 Å². The van der Waals surface area contributed by atoms with Crippen LogP contribution < -0.4 is 0 Å². The van der Waals surface area contributed by atoms with Crippen LogP contribution in [0, 0.1) is 0 Å². The molecule has 4 nitrogen and oxygen atoms in total. The van der Waals surface area contributed by atoms with E-state index in [1.165, 1.54) is 0 Å². The maximum absolute atomic E-state index is 11.5. The highest BCUT2D eigenvalue weighted by atomic mass is 16.5. The third kappa shape index (κ3) is 5.94. The molecular formula is C14H27NO3. The Morgan fingerprint density at radius 3 is 2.28 bits per heavy atom. The number of hydrogen-bond donors (Lipinski definition) is 0. The molecule has 1 aliphatic carbocycles. The predicted molar refractivity (Wildman–Crippen MR) is 71.8 cm³/mol. The van der Waals surface area contributed by atoms with E-state index in [0.717, 1.165) is 58.8 Å². The second kappa shape index (κ2) is 9.48. The van der Waals surface area contributed by atoms with Gasteiger partial charge in [-0.1, -0.05) is 0 Å². The lowest BCUT2D eigenvalue weighted by Gasteiger charge is -2.33. The minimum Gasteiger partial charge on any atom is -0.380 e. The molecule has 0 aromatic rings. The molecule has 0 aromatic heterocycles. The summed E-state index contributed by atoms with van der Waals surface area (Å²) < 4.78 is 10.8. The molecule has 0 N–H and O–H groups in total. The highest BCUT2D eigenvalue weighted by Gasteiger charge is 2.24. The third-order valence-corrected chi connectivity index (χ3v) is 3.43. The van der Waals surface area contributed by atoms with Gasteiger partial charge in [0.15, 0.2) is 0 Å². The Bertz CT molecular complexity index is 223. The molecule has 4 heteroatoms. The van der Waals surface area contributed by atoms with Gasteiger partial charge in [-0.05, 0) is 26.7 Å². The molecule has 0 saturated heterocycles. The second-order valence-electron chi connectivity index (χ2n) is 4.72. The fourth-order valence-electron chi connectivity index (χ4n) is 2.44. The molecule has 0 aliphatic heterocycles. The number of carbonyl (C=O) groups excluding carboxylic acids is 1. The zero-order valence-electron chi connectivity index (χ0n) is 11.8. The number of Topliss-reactive ketones (excluding diaryl/α,β-unsaturated/α-hetero) is 1. The average Bonchev–Trinajstić information content (AvgIpc) is 2.37. The van der Waals surface area contributed by atoms with Gasteiger partial charge in [0.2, 0.25) is 0 Å². The molecule has 0 radical (unpaired) electrons. The fourth-order valence-corrected chi connectivity index (χ4v) is 2.44. The summed E-state index contributed by atoms with van der Waals surface area (Å²) in [6.07, 6.45) is 3.63. The van der Waals surface area contributed by atoms with E-state index in [9.17, 15) is 4.79 Å². The van der Waals surface area contributed by atoms with Gasteiger partial charge in [-0.25, -0.2) is 0 Å². The first kappa shape index (κ1) is 15.6. The molecule has 1 unspecified atom stereocenters. The van der Waals surface area contributed by atoms with Gasteiger partial charge in [0.25, 0.3) is 0 Å². The number of ether oxygens (including phenoxy) is 2. The molecule has 0 amide bonds. The van der Waals surface area contributed by atoms with E-state index in [1.54, 1.807) is 0 Å². The molecule has 0 heterocycles. The van der Waals surface area contributed by atoms with Crippen LogP contribution in [0.15, 0.2) is 0 Å². The predicted octanol–water partition coefficient (Wildman–Crippen LogP) is 1.87. The average molecular weight is 257 g/mol. The smallest absolute Gasteiger partial charge is 0.134 e. The molecule has 1 saturated carbocycles. The summed E-state index contributed by atoms with van der Waals surface area (Å²) >= 11 is 0. The zero-order valence-corrected chi connectivity index (χ0v) is 11.8. The van der Waals surface area contributed by atoms with Crippen LogP contribution in [0.5, 0.6) is 0 Å². The number of rotatable bonds is 9. The number of nitrogens with zero attached hydrogens (tertiary/aromatic N) is 1. The summed E-state index contributed by atoms with van der Waals surface area (Å²) in [6, 6.07) is 0.396. The van der Waals surface area contributed by atoms with E-state index in [0.29, 0.717) is 18.2 Å². The normalized spacial score (nSPS) is 20.6. The molecule has 1 atom stereocenters. The summed E-state index contributed by atoms with van der Waals surface area (Å²) in [5.74, 6) is 0.407. The lowest BCUT2D eigenvalue weighted by atomic mass is 9.93. The van der Waals surface area contributed by atoms with Crippen molar-refractivity contribution in [1.82, 2.24) is 4.90 Å². The van der Waals surface area contributed by atoms with Crippen LogP contribution in [-0.4, -0.2) is 56.2 Å². The highest BCUT2D eigenvalue weighted by molar-refractivity contribution is 5.79. The molecule has 0 spiro atoms. The monoisotopic (exact) mass is 257 g/mol. The largest absolute Gasteiger partial charge is 0.380 e. The SMILES string of the molecule is CCOCCN(CCOCC)C1CCCC(=O)C1. The van der Waals surface area contributed by atoms with Crippen LogP contribution in [0.4, 0.5) is 0 Å². The summed E-state index contributed by atoms with van der Waals surface area (Å²) in [7, 11) is 0. The van der Waals surface area contributed by atoms with E-state index in [1.807, 2.05) is 13.8 Å². The van der Waals surface area contributed by atoms with Crippen molar-refractivity contribution >= 4 is 5.78 Å². The molecular weight excluding hydrogens is 230 g/mol. The van der Waals surface area contributed by atoms with E-state index < -0.39 is 0 Å². The maximum Gasteiger partial charge on any atom is 0.134 e. The van der Waals surface area contributed by atoms with Crippen LogP contribution in [0.3, 0.4) is 0 Å². The highest BCUT2D eigenvalue weighted by Crippen LogP contribution is 2.20. The molecule has 0 aromatic carbocycles. The van der Waals surface area contributed by atoms with Gasteiger partial charge >= 0.3 is 0 Å². The van der Waals surface area contributed by atoms with E-state index in [4.69, 9.17) is 9.47 Å². The Kier molecular flexibility index (Phi) is 8.22. The number of hydrogen-bond acceptors (Lipinski definition) is 4. The first-order valence-electron chi connectivity index (χ1n) is 7.19. The first-order chi connectivity index (χ1) is 8.77. The van der Waals surface area contributed by atoms with Crippen LogP contribution in [0.1, 0.15) is 39.5 Å². The molecule has 1 aliphatic rings. The molecule has 18 heavy (non-hydrogen) atoms. The third-order valence-electron chi connectivity index (χ3n) is 3.43. The van der Waals surface area contributed by atoms with Gasteiger partial charge in [0.1, 0.15) is 5.78 Å². The van der Waals surface area contributed by atoms with Crippen molar-refractivity contribution in [3.05, 3.63) is 0 Å². The lowest BCUT2D eigenvalue weighted by Crippen LogP contribution is -2.42. The second-order valence-corrected chi connectivity index (χ2v) is 4.72. The molecule has 1 fully saturated rings.